The number of hydrogen-bond acceptors (Lipinski definition) is 1. The molecule has 3 rings (SSSR count). The van der Waals surface area contributed by atoms with Crippen molar-refractivity contribution in [2.24, 2.45) is 5.92 Å². The summed E-state index contributed by atoms with van der Waals surface area (Å²) in [6.45, 7) is 1.98. The fourth-order valence-electron chi connectivity index (χ4n) is 3.15. The smallest absolute Gasteiger partial charge is 0.127 e. The van der Waals surface area contributed by atoms with E-state index in [9.17, 15) is 4.39 Å². The van der Waals surface area contributed by atoms with Crippen LogP contribution in [0.1, 0.15) is 44.1 Å². The molecule has 2 fully saturated rings. The maximum Gasteiger partial charge on any atom is 0.127 e. The highest BCUT2D eigenvalue weighted by molar-refractivity contribution is 5.17. The van der Waals surface area contributed by atoms with Crippen LogP contribution in [0.3, 0.4) is 0 Å². The van der Waals surface area contributed by atoms with Crippen molar-refractivity contribution >= 4 is 0 Å². The van der Waals surface area contributed by atoms with Gasteiger partial charge in [-0.05, 0) is 37.7 Å². The lowest BCUT2D eigenvalue weighted by atomic mass is 10.1. The van der Waals surface area contributed by atoms with Crippen LogP contribution in [0.25, 0.3) is 0 Å². The molecule has 0 N–H and O–H groups in total. The molecule has 2 aliphatic carbocycles. The fourth-order valence-corrected chi connectivity index (χ4v) is 3.15. The van der Waals surface area contributed by atoms with E-state index in [-0.39, 0.29) is 5.82 Å². The topological polar surface area (TPSA) is 3.24 Å². The van der Waals surface area contributed by atoms with E-state index in [1.807, 2.05) is 12.1 Å². The quantitative estimate of drug-likeness (QED) is 0.760. The average Bonchev–Trinajstić information content (AvgIpc) is 3.10. The predicted molar refractivity (Wildman–Crippen MR) is 71.8 cm³/mol. The molecule has 0 bridgehead atoms. The summed E-state index contributed by atoms with van der Waals surface area (Å²) >= 11 is 0. The second kappa shape index (κ2) is 5.40. The normalized spacial score (nSPS) is 20.8. The van der Waals surface area contributed by atoms with Gasteiger partial charge in [0.05, 0.1) is 0 Å². The number of halogens is 1. The van der Waals surface area contributed by atoms with E-state index in [0.29, 0.717) is 0 Å². The Bertz CT molecular complexity index is 394. The van der Waals surface area contributed by atoms with Crippen LogP contribution in [-0.2, 0) is 6.54 Å². The maximum atomic E-state index is 13.7. The van der Waals surface area contributed by atoms with Gasteiger partial charge in [-0.15, -0.1) is 0 Å². The second-order valence-electron chi connectivity index (χ2n) is 5.90. The fraction of sp³-hybridized carbons (Fsp3) is 0.625. The lowest BCUT2D eigenvalue weighted by molar-refractivity contribution is 0.211. The van der Waals surface area contributed by atoms with Crippen molar-refractivity contribution < 1.29 is 4.39 Å². The van der Waals surface area contributed by atoms with Crippen molar-refractivity contribution in [2.45, 2.75) is 51.1 Å². The first-order valence-corrected chi connectivity index (χ1v) is 7.30. The van der Waals surface area contributed by atoms with Crippen molar-refractivity contribution in [1.82, 2.24) is 4.90 Å². The van der Waals surface area contributed by atoms with Crippen molar-refractivity contribution in [2.75, 3.05) is 6.54 Å². The van der Waals surface area contributed by atoms with E-state index in [2.05, 4.69) is 4.90 Å². The van der Waals surface area contributed by atoms with E-state index in [1.54, 1.807) is 12.1 Å². The second-order valence-corrected chi connectivity index (χ2v) is 5.90. The molecule has 0 amide bonds. The Labute approximate surface area is 109 Å². The van der Waals surface area contributed by atoms with Crippen molar-refractivity contribution in [3.05, 3.63) is 35.6 Å². The van der Waals surface area contributed by atoms with Crippen LogP contribution in [0.5, 0.6) is 0 Å². The maximum absolute atomic E-state index is 13.7. The van der Waals surface area contributed by atoms with E-state index >= 15 is 0 Å². The molecular formula is C16H22FN. The highest BCUT2D eigenvalue weighted by atomic mass is 19.1. The lowest BCUT2D eigenvalue weighted by Crippen LogP contribution is -2.30. The molecule has 98 valence electrons. The van der Waals surface area contributed by atoms with Crippen LogP contribution in [0.4, 0.5) is 4.39 Å². The average molecular weight is 247 g/mol. The summed E-state index contributed by atoms with van der Waals surface area (Å²) in [7, 11) is 0. The summed E-state index contributed by atoms with van der Waals surface area (Å²) in [6.07, 6.45) is 8.15. The van der Waals surface area contributed by atoms with Gasteiger partial charge in [0, 0.05) is 24.7 Å². The summed E-state index contributed by atoms with van der Waals surface area (Å²) in [5.41, 5.74) is 0.863. The summed E-state index contributed by atoms with van der Waals surface area (Å²) in [5, 5.41) is 0. The standard InChI is InChI=1S/C16H22FN/c17-16-8-4-3-7-14(16)12-18(15-9-10-15)11-13-5-1-2-6-13/h3-4,7-8,13,15H,1-2,5-6,9-12H2. The van der Waals surface area contributed by atoms with Gasteiger partial charge in [-0.1, -0.05) is 31.0 Å². The third-order valence-corrected chi connectivity index (χ3v) is 4.36. The van der Waals surface area contributed by atoms with Gasteiger partial charge in [0.15, 0.2) is 0 Å². The Morgan fingerprint density at radius 3 is 2.44 bits per heavy atom. The van der Waals surface area contributed by atoms with Crippen LogP contribution < -0.4 is 0 Å². The van der Waals surface area contributed by atoms with E-state index in [4.69, 9.17) is 0 Å². The number of benzene rings is 1. The molecule has 0 atom stereocenters. The third kappa shape index (κ3) is 2.92. The minimum atomic E-state index is -0.0467. The molecule has 18 heavy (non-hydrogen) atoms. The van der Waals surface area contributed by atoms with Crippen molar-refractivity contribution in [3.63, 3.8) is 0 Å². The highest BCUT2D eigenvalue weighted by Gasteiger charge is 2.31. The molecule has 0 aromatic heterocycles. The van der Waals surface area contributed by atoms with Gasteiger partial charge < -0.3 is 0 Å². The van der Waals surface area contributed by atoms with Crippen LogP contribution in [-0.4, -0.2) is 17.5 Å². The third-order valence-electron chi connectivity index (χ3n) is 4.36. The van der Waals surface area contributed by atoms with E-state index in [1.165, 1.54) is 45.1 Å². The number of hydrogen-bond donors (Lipinski definition) is 0. The minimum absolute atomic E-state index is 0.0467. The summed E-state index contributed by atoms with van der Waals surface area (Å²) in [4.78, 5) is 2.52. The van der Waals surface area contributed by atoms with Gasteiger partial charge in [-0.25, -0.2) is 4.39 Å². The highest BCUT2D eigenvalue weighted by Crippen LogP contribution is 2.33. The predicted octanol–water partition coefficient (Wildman–Crippen LogP) is 3.98. The monoisotopic (exact) mass is 247 g/mol. The Morgan fingerprint density at radius 2 is 1.78 bits per heavy atom. The molecule has 0 radical (unpaired) electrons. The summed E-state index contributed by atoms with van der Waals surface area (Å²) < 4.78 is 13.7. The van der Waals surface area contributed by atoms with E-state index in [0.717, 1.165) is 24.1 Å². The van der Waals surface area contributed by atoms with Gasteiger partial charge in [0.1, 0.15) is 5.82 Å². The first kappa shape index (κ1) is 12.2. The number of rotatable bonds is 5. The zero-order valence-electron chi connectivity index (χ0n) is 10.9. The summed E-state index contributed by atoms with van der Waals surface area (Å²) in [6, 6.07) is 7.95. The molecule has 0 unspecified atom stereocenters. The summed E-state index contributed by atoms with van der Waals surface area (Å²) in [5.74, 6) is 0.812. The van der Waals surface area contributed by atoms with Crippen LogP contribution in [0.15, 0.2) is 24.3 Å². The molecule has 2 aliphatic rings. The van der Waals surface area contributed by atoms with Gasteiger partial charge in [0.2, 0.25) is 0 Å². The van der Waals surface area contributed by atoms with E-state index < -0.39 is 0 Å². The molecule has 0 spiro atoms. The minimum Gasteiger partial charge on any atom is -0.296 e. The Kier molecular flexibility index (Phi) is 3.64. The Balaban J connectivity index is 1.64. The first-order valence-electron chi connectivity index (χ1n) is 7.30. The largest absolute Gasteiger partial charge is 0.296 e. The first-order chi connectivity index (χ1) is 8.83. The number of nitrogens with zero attached hydrogens (tertiary/aromatic N) is 1. The van der Waals surface area contributed by atoms with Crippen molar-refractivity contribution in [1.29, 1.82) is 0 Å². The molecule has 1 aromatic carbocycles. The molecule has 2 saturated carbocycles. The van der Waals surface area contributed by atoms with Crippen LogP contribution in [0, 0.1) is 11.7 Å². The van der Waals surface area contributed by atoms with Gasteiger partial charge in [0.25, 0.3) is 0 Å². The van der Waals surface area contributed by atoms with Crippen molar-refractivity contribution in [3.8, 4) is 0 Å². The molecule has 0 aliphatic heterocycles. The molecule has 0 saturated heterocycles. The molecule has 0 heterocycles. The Hall–Kier alpha value is -0.890. The zero-order valence-corrected chi connectivity index (χ0v) is 10.9. The Morgan fingerprint density at radius 1 is 1.06 bits per heavy atom. The molecule has 2 heteroatoms. The molecule has 1 aromatic rings. The van der Waals surface area contributed by atoms with Crippen LogP contribution >= 0.6 is 0 Å². The van der Waals surface area contributed by atoms with Gasteiger partial charge >= 0.3 is 0 Å². The molecular weight excluding hydrogens is 225 g/mol. The van der Waals surface area contributed by atoms with Gasteiger partial charge in [-0.2, -0.15) is 0 Å². The van der Waals surface area contributed by atoms with Gasteiger partial charge in [-0.3, -0.25) is 4.90 Å². The molecule has 1 nitrogen and oxygen atoms in total. The zero-order chi connectivity index (χ0) is 12.4. The van der Waals surface area contributed by atoms with Crippen LogP contribution in [0.2, 0.25) is 0 Å². The SMILES string of the molecule is Fc1ccccc1CN(CC1CCCC1)C1CC1. The lowest BCUT2D eigenvalue weighted by Gasteiger charge is -2.25.